The van der Waals surface area contributed by atoms with Crippen LogP contribution in [0, 0.1) is 13.8 Å². The van der Waals surface area contributed by atoms with Gasteiger partial charge in [0.1, 0.15) is 17.2 Å². The van der Waals surface area contributed by atoms with Crippen molar-refractivity contribution < 1.29 is 14.1 Å². The zero-order chi connectivity index (χ0) is 18.0. The number of benzene rings is 1. The van der Waals surface area contributed by atoms with E-state index >= 15 is 0 Å². The van der Waals surface area contributed by atoms with Gasteiger partial charge in [-0.3, -0.25) is 4.79 Å². The number of nitrogens with zero attached hydrogens (tertiary/aromatic N) is 2. The van der Waals surface area contributed by atoms with Crippen LogP contribution in [0.1, 0.15) is 61.2 Å². The third kappa shape index (κ3) is 3.86. The Labute approximate surface area is 148 Å². The molecule has 1 fully saturated rings. The fraction of sp³-hybridized carbons (Fsp3) is 0.500. The number of likely N-dealkylation sites (tertiary alicyclic amines) is 1. The van der Waals surface area contributed by atoms with Crippen LogP contribution in [0.4, 0.5) is 0 Å². The molecule has 2 aromatic rings. The largest absolute Gasteiger partial charge is 0.483 e. The summed E-state index contributed by atoms with van der Waals surface area (Å²) in [5.41, 5.74) is 3.09. The van der Waals surface area contributed by atoms with Gasteiger partial charge >= 0.3 is 0 Å². The second kappa shape index (κ2) is 7.30. The summed E-state index contributed by atoms with van der Waals surface area (Å²) in [6, 6.07) is 8.07. The highest BCUT2D eigenvalue weighted by Crippen LogP contribution is 2.32. The molecule has 1 aromatic carbocycles. The molecule has 1 aromatic heterocycles. The van der Waals surface area contributed by atoms with E-state index < -0.39 is 0 Å². The van der Waals surface area contributed by atoms with Crippen molar-refractivity contribution in [3.05, 3.63) is 46.8 Å². The van der Waals surface area contributed by atoms with Gasteiger partial charge in [0.05, 0.1) is 6.04 Å². The maximum absolute atomic E-state index is 12.7. The molecule has 1 saturated heterocycles. The summed E-state index contributed by atoms with van der Waals surface area (Å²) < 4.78 is 11.1. The Balaban J connectivity index is 1.69. The lowest BCUT2D eigenvalue weighted by Gasteiger charge is -2.23. The van der Waals surface area contributed by atoms with E-state index in [0.29, 0.717) is 5.92 Å². The molecule has 0 saturated carbocycles. The molecule has 3 rings (SSSR count). The Morgan fingerprint density at radius 2 is 2.16 bits per heavy atom. The van der Waals surface area contributed by atoms with Gasteiger partial charge in [-0.15, -0.1) is 0 Å². The van der Waals surface area contributed by atoms with Gasteiger partial charge in [-0.1, -0.05) is 31.1 Å². The summed E-state index contributed by atoms with van der Waals surface area (Å²) in [5.74, 6) is 1.92. The first-order chi connectivity index (χ1) is 12.0. The van der Waals surface area contributed by atoms with E-state index in [-0.39, 0.29) is 18.6 Å². The number of carbonyl (C=O) groups excluding carboxylic acids is 1. The zero-order valence-electron chi connectivity index (χ0n) is 15.4. The van der Waals surface area contributed by atoms with Crippen molar-refractivity contribution in [1.29, 1.82) is 0 Å². The summed E-state index contributed by atoms with van der Waals surface area (Å²) in [6.45, 7) is 8.94. The molecule has 0 radical (unpaired) electrons. The lowest BCUT2D eigenvalue weighted by molar-refractivity contribution is -0.134. The predicted octanol–water partition coefficient (Wildman–Crippen LogP) is 4.16. The SMILES string of the molecule is Cc1ccc(C(C)C)c(OCC(=O)N2CCCC2c2cc(C)on2)c1. The molecule has 1 amide bonds. The Hall–Kier alpha value is -2.30. The molecule has 2 heterocycles. The topological polar surface area (TPSA) is 55.6 Å². The molecule has 1 aliphatic heterocycles. The van der Waals surface area contributed by atoms with Crippen LogP contribution in [0.3, 0.4) is 0 Å². The van der Waals surface area contributed by atoms with Crippen LogP contribution in [0.15, 0.2) is 28.8 Å². The van der Waals surface area contributed by atoms with Gasteiger partial charge in [0.15, 0.2) is 6.61 Å². The minimum atomic E-state index is -0.00405. The summed E-state index contributed by atoms with van der Waals surface area (Å²) in [4.78, 5) is 14.6. The van der Waals surface area contributed by atoms with Crippen LogP contribution in [-0.2, 0) is 4.79 Å². The highest BCUT2D eigenvalue weighted by molar-refractivity contribution is 5.78. The zero-order valence-corrected chi connectivity index (χ0v) is 15.4. The number of aryl methyl sites for hydroxylation is 2. The van der Waals surface area contributed by atoms with Gasteiger partial charge in [-0.25, -0.2) is 0 Å². The Bertz CT molecular complexity index is 751. The summed E-state index contributed by atoms with van der Waals surface area (Å²) in [7, 11) is 0. The second-order valence-corrected chi connectivity index (χ2v) is 7.09. The van der Waals surface area contributed by atoms with Crippen LogP contribution in [-0.4, -0.2) is 29.1 Å². The maximum Gasteiger partial charge on any atom is 0.261 e. The third-order valence-corrected chi connectivity index (χ3v) is 4.70. The Morgan fingerprint density at radius 1 is 1.36 bits per heavy atom. The number of rotatable bonds is 5. The van der Waals surface area contributed by atoms with E-state index in [2.05, 4.69) is 31.1 Å². The normalized spacial score (nSPS) is 17.3. The lowest BCUT2D eigenvalue weighted by Crippen LogP contribution is -2.34. The van der Waals surface area contributed by atoms with Crippen molar-refractivity contribution in [3.63, 3.8) is 0 Å². The molecular weight excluding hydrogens is 316 g/mol. The maximum atomic E-state index is 12.7. The van der Waals surface area contributed by atoms with Crippen molar-refractivity contribution >= 4 is 5.91 Å². The third-order valence-electron chi connectivity index (χ3n) is 4.70. The van der Waals surface area contributed by atoms with Gasteiger partial charge in [-0.05, 0) is 49.8 Å². The van der Waals surface area contributed by atoms with E-state index in [1.54, 1.807) is 0 Å². The average Bonchev–Trinajstić information content (AvgIpc) is 3.20. The summed E-state index contributed by atoms with van der Waals surface area (Å²) in [5, 5.41) is 4.09. The number of amides is 1. The molecule has 1 atom stereocenters. The molecule has 1 aliphatic rings. The molecular formula is C20H26N2O3. The van der Waals surface area contributed by atoms with Crippen LogP contribution in [0.5, 0.6) is 5.75 Å². The van der Waals surface area contributed by atoms with E-state index in [9.17, 15) is 4.79 Å². The van der Waals surface area contributed by atoms with Crippen molar-refractivity contribution in [2.45, 2.75) is 52.5 Å². The van der Waals surface area contributed by atoms with Gasteiger partial charge in [-0.2, -0.15) is 0 Å². The van der Waals surface area contributed by atoms with Gasteiger partial charge in [0, 0.05) is 12.6 Å². The van der Waals surface area contributed by atoms with Crippen LogP contribution >= 0.6 is 0 Å². The first-order valence-corrected chi connectivity index (χ1v) is 8.91. The standard InChI is InChI=1S/C20H26N2O3/c1-13(2)16-8-7-14(3)10-19(16)24-12-20(23)22-9-5-6-18(22)17-11-15(4)25-21-17/h7-8,10-11,13,18H,5-6,9,12H2,1-4H3. The molecule has 5 nitrogen and oxygen atoms in total. The number of aromatic nitrogens is 1. The first-order valence-electron chi connectivity index (χ1n) is 8.91. The van der Waals surface area contributed by atoms with Crippen LogP contribution in [0.25, 0.3) is 0 Å². The fourth-order valence-corrected chi connectivity index (χ4v) is 3.38. The fourth-order valence-electron chi connectivity index (χ4n) is 3.38. The average molecular weight is 342 g/mol. The molecule has 0 N–H and O–H groups in total. The predicted molar refractivity (Wildman–Crippen MR) is 95.7 cm³/mol. The Kier molecular flexibility index (Phi) is 5.11. The number of carbonyl (C=O) groups is 1. The van der Waals surface area contributed by atoms with E-state index in [1.165, 1.54) is 0 Å². The smallest absolute Gasteiger partial charge is 0.261 e. The highest BCUT2D eigenvalue weighted by Gasteiger charge is 2.32. The molecule has 0 aliphatic carbocycles. The second-order valence-electron chi connectivity index (χ2n) is 7.09. The van der Waals surface area contributed by atoms with Crippen LogP contribution < -0.4 is 4.74 Å². The van der Waals surface area contributed by atoms with Crippen molar-refractivity contribution in [1.82, 2.24) is 10.1 Å². The van der Waals surface area contributed by atoms with Crippen molar-refractivity contribution in [2.75, 3.05) is 13.2 Å². The van der Waals surface area contributed by atoms with Gasteiger partial charge in [0.25, 0.3) is 5.91 Å². The van der Waals surface area contributed by atoms with E-state index in [0.717, 1.165) is 47.7 Å². The lowest BCUT2D eigenvalue weighted by atomic mass is 10.0. The van der Waals surface area contributed by atoms with Gasteiger partial charge in [0.2, 0.25) is 0 Å². The number of hydrogen-bond acceptors (Lipinski definition) is 4. The van der Waals surface area contributed by atoms with E-state index in [1.807, 2.05) is 30.9 Å². The minimum absolute atomic E-state index is 0.000588. The molecule has 134 valence electrons. The number of ether oxygens (including phenoxy) is 1. The quantitative estimate of drug-likeness (QED) is 0.819. The molecule has 5 heteroatoms. The van der Waals surface area contributed by atoms with Crippen molar-refractivity contribution in [2.24, 2.45) is 0 Å². The summed E-state index contributed by atoms with van der Waals surface area (Å²) >= 11 is 0. The summed E-state index contributed by atoms with van der Waals surface area (Å²) in [6.07, 6.45) is 1.89. The molecule has 0 spiro atoms. The first kappa shape index (κ1) is 17.5. The van der Waals surface area contributed by atoms with Crippen LogP contribution in [0.2, 0.25) is 0 Å². The monoisotopic (exact) mass is 342 g/mol. The number of hydrogen-bond donors (Lipinski definition) is 0. The van der Waals surface area contributed by atoms with Crippen molar-refractivity contribution in [3.8, 4) is 5.75 Å². The molecule has 1 unspecified atom stereocenters. The Morgan fingerprint density at radius 3 is 2.84 bits per heavy atom. The van der Waals surface area contributed by atoms with E-state index in [4.69, 9.17) is 9.26 Å². The molecule has 0 bridgehead atoms. The van der Waals surface area contributed by atoms with Gasteiger partial charge < -0.3 is 14.2 Å². The minimum Gasteiger partial charge on any atom is -0.483 e. The molecule has 25 heavy (non-hydrogen) atoms. The highest BCUT2D eigenvalue weighted by atomic mass is 16.5.